The third kappa shape index (κ3) is 4.68. The zero-order valence-corrected chi connectivity index (χ0v) is 14.6. The molecule has 0 aliphatic carbocycles. The predicted octanol–water partition coefficient (Wildman–Crippen LogP) is 2.77. The van der Waals surface area contributed by atoms with Crippen molar-refractivity contribution in [2.45, 2.75) is 25.7 Å². The maximum atomic E-state index is 12.4. The number of hydrogen-bond donors (Lipinski definition) is 1. The van der Waals surface area contributed by atoms with Gasteiger partial charge in [0.05, 0.1) is 12.7 Å². The topological polar surface area (TPSA) is 67.3 Å². The molecule has 3 rings (SSSR count). The van der Waals surface area contributed by atoms with Gasteiger partial charge >= 0.3 is 0 Å². The molecule has 132 valence electrons. The number of hydrogen-bond acceptors (Lipinski definition) is 5. The van der Waals surface area contributed by atoms with Gasteiger partial charge in [-0.3, -0.25) is 4.79 Å². The Kier molecular flexibility index (Phi) is 5.82. The van der Waals surface area contributed by atoms with Crippen molar-refractivity contribution < 1.29 is 9.53 Å². The first-order valence-electron chi connectivity index (χ1n) is 8.74. The molecule has 1 aromatic heterocycles. The molecular formula is C19H24N4O2. The number of aromatic nitrogens is 2. The van der Waals surface area contributed by atoms with Gasteiger partial charge in [-0.1, -0.05) is 12.1 Å². The smallest absolute Gasteiger partial charge is 0.256 e. The Labute approximate surface area is 148 Å². The second kappa shape index (κ2) is 8.46. The van der Waals surface area contributed by atoms with Crippen molar-refractivity contribution in [3.63, 3.8) is 0 Å². The molecule has 6 nitrogen and oxygen atoms in total. The third-order valence-corrected chi connectivity index (χ3v) is 4.40. The molecule has 0 atom stereocenters. The van der Waals surface area contributed by atoms with E-state index in [4.69, 9.17) is 4.74 Å². The molecule has 1 amide bonds. The number of rotatable bonds is 6. The Bertz CT molecular complexity index is 680. The molecule has 0 saturated carbocycles. The van der Waals surface area contributed by atoms with Gasteiger partial charge in [0.2, 0.25) is 5.95 Å². The van der Waals surface area contributed by atoms with Gasteiger partial charge in [0.15, 0.2) is 0 Å². The summed E-state index contributed by atoms with van der Waals surface area (Å²) in [5, 5.41) is 3.19. The predicted molar refractivity (Wildman–Crippen MR) is 97.0 cm³/mol. The minimum Gasteiger partial charge on any atom is -0.497 e. The van der Waals surface area contributed by atoms with E-state index < -0.39 is 0 Å². The number of ether oxygens (including phenoxy) is 1. The van der Waals surface area contributed by atoms with Gasteiger partial charge in [-0.25, -0.2) is 9.97 Å². The molecule has 0 spiro atoms. The van der Waals surface area contributed by atoms with E-state index in [1.165, 1.54) is 12.0 Å². The number of benzene rings is 1. The largest absolute Gasteiger partial charge is 0.497 e. The second-order valence-corrected chi connectivity index (χ2v) is 6.17. The SMILES string of the molecule is COc1ccc(CCNc2ncc(C(=O)N3CCCCC3)cn2)cc1. The van der Waals surface area contributed by atoms with Gasteiger partial charge in [-0.05, 0) is 43.4 Å². The summed E-state index contributed by atoms with van der Waals surface area (Å²) in [5.74, 6) is 1.43. The van der Waals surface area contributed by atoms with Gasteiger partial charge in [-0.2, -0.15) is 0 Å². The van der Waals surface area contributed by atoms with Crippen LogP contribution in [0.1, 0.15) is 35.2 Å². The van der Waals surface area contributed by atoms with Crippen LogP contribution in [-0.2, 0) is 6.42 Å². The highest BCUT2D eigenvalue weighted by Gasteiger charge is 2.18. The number of anilines is 1. The molecule has 1 N–H and O–H groups in total. The first-order chi connectivity index (χ1) is 12.3. The molecule has 1 fully saturated rings. The molecule has 2 heterocycles. The van der Waals surface area contributed by atoms with Crippen molar-refractivity contribution in [3.8, 4) is 5.75 Å². The maximum Gasteiger partial charge on any atom is 0.256 e. The van der Waals surface area contributed by atoms with Crippen molar-refractivity contribution in [1.82, 2.24) is 14.9 Å². The van der Waals surface area contributed by atoms with Crippen LogP contribution in [-0.4, -0.2) is 47.5 Å². The average Bonchev–Trinajstić information content (AvgIpc) is 2.69. The van der Waals surface area contributed by atoms with Gasteiger partial charge in [0.1, 0.15) is 5.75 Å². The van der Waals surface area contributed by atoms with Crippen molar-refractivity contribution in [1.29, 1.82) is 0 Å². The molecule has 0 unspecified atom stereocenters. The van der Waals surface area contributed by atoms with Gasteiger partial charge in [0, 0.05) is 32.0 Å². The molecule has 0 radical (unpaired) electrons. The number of piperidine rings is 1. The first kappa shape index (κ1) is 17.2. The van der Waals surface area contributed by atoms with Gasteiger partial charge in [-0.15, -0.1) is 0 Å². The van der Waals surface area contributed by atoms with Crippen molar-refractivity contribution in [3.05, 3.63) is 47.8 Å². The standard InChI is InChI=1S/C19H24N4O2/c1-25-17-7-5-15(6-8-17)9-10-20-19-21-13-16(14-22-19)18(24)23-11-3-2-4-12-23/h5-8,13-14H,2-4,9-12H2,1H3,(H,20,21,22). The van der Waals surface area contributed by atoms with Crippen molar-refractivity contribution >= 4 is 11.9 Å². The summed E-state index contributed by atoms with van der Waals surface area (Å²) in [5.41, 5.74) is 1.77. The molecule has 6 heteroatoms. The lowest BCUT2D eigenvalue weighted by atomic mass is 10.1. The van der Waals surface area contributed by atoms with E-state index in [0.717, 1.165) is 44.6 Å². The Morgan fingerprint density at radius 3 is 2.44 bits per heavy atom. The van der Waals surface area contributed by atoms with Crippen LogP contribution >= 0.6 is 0 Å². The molecular weight excluding hydrogens is 316 g/mol. The Hall–Kier alpha value is -2.63. The summed E-state index contributed by atoms with van der Waals surface area (Å²) >= 11 is 0. The molecule has 0 bridgehead atoms. The quantitative estimate of drug-likeness (QED) is 0.876. The lowest BCUT2D eigenvalue weighted by Gasteiger charge is -2.26. The van der Waals surface area contributed by atoms with E-state index in [1.54, 1.807) is 19.5 Å². The number of nitrogens with zero attached hydrogens (tertiary/aromatic N) is 3. The minimum absolute atomic E-state index is 0.0319. The van der Waals surface area contributed by atoms with Crippen molar-refractivity contribution in [2.75, 3.05) is 32.1 Å². The van der Waals surface area contributed by atoms with E-state index in [-0.39, 0.29) is 5.91 Å². The first-order valence-corrected chi connectivity index (χ1v) is 8.74. The lowest BCUT2D eigenvalue weighted by Crippen LogP contribution is -2.35. The Balaban J connectivity index is 1.49. The van der Waals surface area contributed by atoms with Crippen LogP contribution in [0.2, 0.25) is 0 Å². The van der Waals surface area contributed by atoms with Gasteiger partial charge < -0.3 is 15.0 Å². The van der Waals surface area contributed by atoms with Gasteiger partial charge in [0.25, 0.3) is 5.91 Å². The zero-order chi connectivity index (χ0) is 17.5. The monoisotopic (exact) mass is 340 g/mol. The van der Waals surface area contributed by atoms with Crippen LogP contribution in [0, 0.1) is 0 Å². The third-order valence-electron chi connectivity index (χ3n) is 4.40. The molecule has 1 aliphatic rings. The summed E-state index contributed by atoms with van der Waals surface area (Å²) in [6.07, 6.45) is 7.45. The fourth-order valence-corrected chi connectivity index (χ4v) is 2.92. The van der Waals surface area contributed by atoms with Crippen LogP contribution in [0.3, 0.4) is 0 Å². The van der Waals surface area contributed by atoms with Crippen LogP contribution in [0.5, 0.6) is 5.75 Å². The highest BCUT2D eigenvalue weighted by molar-refractivity contribution is 5.93. The van der Waals surface area contributed by atoms with Crippen LogP contribution in [0.4, 0.5) is 5.95 Å². The Morgan fingerprint density at radius 2 is 1.80 bits per heavy atom. The lowest BCUT2D eigenvalue weighted by molar-refractivity contribution is 0.0723. The minimum atomic E-state index is 0.0319. The van der Waals surface area contributed by atoms with Crippen molar-refractivity contribution in [2.24, 2.45) is 0 Å². The maximum absolute atomic E-state index is 12.4. The van der Waals surface area contributed by atoms with E-state index in [9.17, 15) is 4.79 Å². The normalized spacial score (nSPS) is 14.2. The number of carbonyl (C=O) groups is 1. The van der Waals surface area contributed by atoms with Crippen LogP contribution in [0.15, 0.2) is 36.7 Å². The Morgan fingerprint density at radius 1 is 1.12 bits per heavy atom. The number of methoxy groups -OCH3 is 1. The molecule has 1 aliphatic heterocycles. The zero-order valence-electron chi connectivity index (χ0n) is 14.6. The van der Waals surface area contributed by atoms with Crippen LogP contribution in [0.25, 0.3) is 0 Å². The van der Waals surface area contributed by atoms with E-state index >= 15 is 0 Å². The summed E-state index contributed by atoms with van der Waals surface area (Å²) < 4.78 is 5.15. The van der Waals surface area contributed by atoms with E-state index in [0.29, 0.717) is 11.5 Å². The summed E-state index contributed by atoms with van der Waals surface area (Å²) in [7, 11) is 1.66. The fourth-order valence-electron chi connectivity index (χ4n) is 2.92. The van der Waals surface area contributed by atoms with Crippen LogP contribution < -0.4 is 10.1 Å². The summed E-state index contributed by atoms with van der Waals surface area (Å²) in [4.78, 5) is 22.8. The molecule has 25 heavy (non-hydrogen) atoms. The molecule has 2 aromatic rings. The molecule has 1 saturated heterocycles. The second-order valence-electron chi connectivity index (χ2n) is 6.17. The number of likely N-dealkylation sites (tertiary alicyclic amines) is 1. The highest BCUT2D eigenvalue weighted by Crippen LogP contribution is 2.13. The number of nitrogens with one attached hydrogen (secondary N) is 1. The number of amides is 1. The fraction of sp³-hybridized carbons (Fsp3) is 0.421. The number of carbonyl (C=O) groups excluding carboxylic acids is 1. The highest BCUT2D eigenvalue weighted by atomic mass is 16.5. The molecule has 1 aromatic carbocycles. The summed E-state index contributed by atoms with van der Waals surface area (Å²) in [6, 6.07) is 7.99. The van der Waals surface area contributed by atoms with E-state index in [2.05, 4.69) is 15.3 Å². The summed E-state index contributed by atoms with van der Waals surface area (Å²) in [6.45, 7) is 2.40. The van der Waals surface area contributed by atoms with E-state index in [1.807, 2.05) is 29.2 Å². The average molecular weight is 340 g/mol.